The minimum absolute atomic E-state index is 0.142. The topological polar surface area (TPSA) is 51.7 Å². The van der Waals surface area contributed by atoms with Crippen LogP contribution in [0.1, 0.15) is 36.6 Å². The molecule has 0 unspecified atom stereocenters. The smallest absolute Gasteiger partial charge is 0.286 e. The van der Waals surface area contributed by atoms with E-state index in [4.69, 9.17) is 11.8 Å². The molecule has 2 amide bonds. The Kier molecular flexibility index (Phi) is 4.97. The van der Waals surface area contributed by atoms with E-state index in [-0.39, 0.29) is 12.1 Å². The Bertz CT molecular complexity index is 1210. The molecule has 1 atom stereocenters. The number of benzene rings is 3. The molecule has 1 aliphatic rings. The third-order valence-corrected chi connectivity index (χ3v) is 5.78. The second-order valence-corrected chi connectivity index (χ2v) is 8.25. The first-order valence-electron chi connectivity index (χ1n) is 10.0. The van der Waals surface area contributed by atoms with Gasteiger partial charge in [-0.1, -0.05) is 42.0 Å². The number of nitriles is 1. The number of hydrogen-bond donors (Lipinski definition) is 0. The number of aryl methyl sites for hydroxylation is 1. The van der Waals surface area contributed by atoms with Gasteiger partial charge < -0.3 is 0 Å². The summed E-state index contributed by atoms with van der Waals surface area (Å²) in [5.74, 6) is 0. The molecule has 1 aliphatic heterocycles. The van der Waals surface area contributed by atoms with E-state index in [2.05, 4.69) is 10.9 Å². The monoisotopic (exact) mass is 406 g/mol. The summed E-state index contributed by atoms with van der Waals surface area (Å²) in [4.78, 5) is 21.0. The fourth-order valence-electron chi connectivity index (χ4n) is 4.32. The van der Waals surface area contributed by atoms with E-state index in [1.165, 1.54) is 0 Å². The summed E-state index contributed by atoms with van der Waals surface area (Å²) in [7, 11) is 0. The Hall–Kier alpha value is -4.09. The van der Waals surface area contributed by atoms with Crippen LogP contribution in [-0.2, 0) is 0 Å². The van der Waals surface area contributed by atoms with E-state index in [0.29, 0.717) is 11.3 Å². The standard InChI is InChI=1S/C26H22N4O/c1-18-8-12-22(13-9-18)29-24(20-6-5-7-21(16-20)28-4)26(2,3)30(25(29)31)23-14-10-19(17-27)11-15-23/h5-16,24H,1-3H3/t24-/m0/s1. The van der Waals surface area contributed by atoms with Crippen molar-refractivity contribution < 1.29 is 4.79 Å². The molecule has 5 nitrogen and oxygen atoms in total. The Labute approximate surface area is 182 Å². The quantitative estimate of drug-likeness (QED) is 0.474. The number of anilines is 2. The predicted octanol–water partition coefficient (Wildman–Crippen LogP) is 6.38. The van der Waals surface area contributed by atoms with Gasteiger partial charge in [0.2, 0.25) is 0 Å². The van der Waals surface area contributed by atoms with Crippen LogP contribution in [0.4, 0.5) is 21.9 Å². The molecule has 4 rings (SSSR count). The summed E-state index contributed by atoms with van der Waals surface area (Å²) in [5.41, 5.74) is 4.03. The van der Waals surface area contributed by atoms with Crippen LogP contribution in [0.15, 0.2) is 72.8 Å². The number of nitrogens with zero attached hydrogens (tertiary/aromatic N) is 4. The molecule has 1 heterocycles. The van der Waals surface area contributed by atoms with E-state index in [1.807, 2.05) is 75.4 Å². The lowest BCUT2D eigenvalue weighted by atomic mass is 9.87. The van der Waals surface area contributed by atoms with Gasteiger partial charge in [-0.3, -0.25) is 9.80 Å². The van der Waals surface area contributed by atoms with Gasteiger partial charge in [0.1, 0.15) is 0 Å². The zero-order valence-corrected chi connectivity index (χ0v) is 17.7. The predicted molar refractivity (Wildman–Crippen MR) is 122 cm³/mol. The molecule has 0 aliphatic carbocycles. The fraction of sp³-hybridized carbons (Fsp3) is 0.192. The number of hydrogen-bond acceptors (Lipinski definition) is 2. The number of carbonyl (C=O) groups excluding carboxylic acids is 1. The van der Waals surface area contributed by atoms with Gasteiger partial charge in [0.25, 0.3) is 0 Å². The summed E-state index contributed by atoms with van der Waals surface area (Å²) in [5, 5.41) is 9.14. The van der Waals surface area contributed by atoms with E-state index in [0.717, 1.165) is 22.5 Å². The summed E-state index contributed by atoms with van der Waals surface area (Å²) < 4.78 is 0. The number of amides is 2. The van der Waals surface area contributed by atoms with E-state index in [1.54, 1.807) is 28.0 Å². The highest BCUT2D eigenvalue weighted by Gasteiger charge is 2.53. The maximum atomic E-state index is 13.8. The average molecular weight is 406 g/mol. The number of urea groups is 1. The molecule has 0 spiro atoms. The van der Waals surface area contributed by atoms with Crippen molar-refractivity contribution in [2.45, 2.75) is 32.4 Å². The number of rotatable bonds is 3. The SMILES string of the molecule is [C-]#[N+]c1cccc([C@@H]2N(c3ccc(C)cc3)C(=O)N(c3ccc(C#N)cc3)C2(C)C)c1. The highest BCUT2D eigenvalue weighted by atomic mass is 16.2. The normalized spacial score (nSPS) is 17.3. The van der Waals surface area contributed by atoms with Crippen molar-refractivity contribution in [1.82, 2.24) is 0 Å². The van der Waals surface area contributed by atoms with Gasteiger partial charge >= 0.3 is 6.03 Å². The Morgan fingerprint density at radius 2 is 1.65 bits per heavy atom. The summed E-state index contributed by atoms with van der Waals surface area (Å²) in [6.07, 6.45) is 0. The van der Waals surface area contributed by atoms with Crippen molar-refractivity contribution in [3.05, 3.63) is 101 Å². The minimum atomic E-state index is -0.614. The minimum Gasteiger partial charge on any atom is -0.286 e. The second kappa shape index (κ2) is 7.63. The van der Waals surface area contributed by atoms with Crippen LogP contribution in [-0.4, -0.2) is 11.6 Å². The third kappa shape index (κ3) is 3.41. The van der Waals surface area contributed by atoms with Crippen LogP contribution in [0.5, 0.6) is 0 Å². The Balaban J connectivity index is 1.90. The van der Waals surface area contributed by atoms with Gasteiger partial charge in [-0.25, -0.2) is 9.64 Å². The van der Waals surface area contributed by atoms with Gasteiger partial charge in [-0.2, -0.15) is 5.26 Å². The van der Waals surface area contributed by atoms with Crippen LogP contribution in [0.2, 0.25) is 0 Å². The lowest BCUT2D eigenvalue weighted by Crippen LogP contribution is -2.43. The second-order valence-electron chi connectivity index (χ2n) is 8.25. The van der Waals surface area contributed by atoms with Crippen LogP contribution in [0.3, 0.4) is 0 Å². The Morgan fingerprint density at radius 3 is 2.26 bits per heavy atom. The molecule has 3 aromatic rings. The molecule has 3 aromatic carbocycles. The van der Waals surface area contributed by atoms with Crippen molar-refractivity contribution in [3.63, 3.8) is 0 Å². The zero-order valence-electron chi connectivity index (χ0n) is 17.7. The first kappa shape index (κ1) is 20.2. The first-order valence-corrected chi connectivity index (χ1v) is 10.0. The molecule has 31 heavy (non-hydrogen) atoms. The molecular formula is C26H22N4O. The van der Waals surface area contributed by atoms with Crippen LogP contribution in [0, 0.1) is 24.8 Å². The van der Waals surface area contributed by atoms with Gasteiger partial charge in [0.05, 0.1) is 29.8 Å². The zero-order chi connectivity index (χ0) is 22.2. The van der Waals surface area contributed by atoms with Gasteiger partial charge in [-0.05, 0) is 62.7 Å². The molecule has 0 aromatic heterocycles. The van der Waals surface area contributed by atoms with Crippen LogP contribution < -0.4 is 9.80 Å². The van der Waals surface area contributed by atoms with Gasteiger partial charge in [-0.15, -0.1) is 0 Å². The van der Waals surface area contributed by atoms with Crippen molar-refractivity contribution in [2.24, 2.45) is 0 Å². The van der Waals surface area contributed by atoms with Crippen LogP contribution >= 0.6 is 0 Å². The summed E-state index contributed by atoms with van der Waals surface area (Å²) in [6.45, 7) is 13.5. The molecule has 1 saturated heterocycles. The van der Waals surface area contributed by atoms with E-state index in [9.17, 15) is 4.79 Å². The van der Waals surface area contributed by atoms with Gasteiger partial charge in [0, 0.05) is 11.4 Å². The Morgan fingerprint density at radius 1 is 1.00 bits per heavy atom. The lowest BCUT2D eigenvalue weighted by Gasteiger charge is -2.35. The summed E-state index contributed by atoms with van der Waals surface area (Å²) in [6, 6.07) is 24.1. The van der Waals surface area contributed by atoms with Crippen molar-refractivity contribution in [1.29, 1.82) is 5.26 Å². The molecule has 1 fully saturated rings. The molecule has 0 saturated carbocycles. The molecule has 0 radical (unpaired) electrons. The molecular weight excluding hydrogens is 384 g/mol. The fourth-order valence-corrected chi connectivity index (χ4v) is 4.32. The molecule has 152 valence electrons. The van der Waals surface area contributed by atoms with E-state index < -0.39 is 5.54 Å². The molecule has 0 N–H and O–H groups in total. The van der Waals surface area contributed by atoms with Crippen molar-refractivity contribution >= 4 is 23.1 Å². The van der Waals surface area contributed by atoms with E-state index >= 15 is 0 Å². The van der Waals surface area contributed by atoms with Crippen LogP contribution in [0.25, 0.3) is 4.85 Å². The largest absolute Gasteiger partial charge is 0.330 e. The maximum absolute atomic E-state index is 13.8. The highest BCUT2D eigenvalue weighted by Crippen LogP contribution is 2.48. The average Bonchev–Trinajstić information content (AvgIpc) is 2.99. The van der Waals surface area contributed by atoms with Crippen molar-refractivity contribution in [3.8, 4) is 6.07 Å². The van der Waals surface area contributed by atoms with Crippen molar-refractivity contribution in [2.75, 3.05) is 9.80 Å². The maximum Gasteiger partial charge on any atom is 0.330 e. The number of carbonyl (C=O) groups is 1. The lowest BCUT2D eigenvalue weighted by molar-refractivity contribution is 0.254. The molecule has 5 heteroatoms. The highest BCUT2D eigenvalue weighted by molar-refractivity contribution is 6.08. The molecule has 0 bridgehead atoms. The van der Waals surface area contributed by atoms with Gasteiger partial charge in [0.15, 0.2) is 5.69 Å². The summed E-state index contributed by atoms with van der Waals surface area (Å²) >= 11 is 0. The third-order valence-electron chi connectivity index (χ3n) is 5.78. The first-order chi connectivity index (χ1) is 14.9.